The van der Waals surface area contributed by atoms with Crippen molar-refractivity contribution in [3.63, 3.8) is 0 Å². The largest absolute Gasteiger partial charge is 0.538 e. The Balaban J connectivity index is 3.14. The van der Waals surface area contributed by atoms with E-state index in [0.29, 0.717) is 19.8 Å². The van der Waals surface area contributed by atoms with Crippen LogP contribution in [0.2, 0.25) is 0 Å². The van der Waals surface area contributed by atoms with Crippen molar-refractivity contribution in [2.45, 2.75) is 20.8 Å². The van der Waals surface area contributed by atoms with Gasteiger partial charge in [-0.1, -0.05) is 18.2 Å². The van der Waals surface area contributed by atoms with Crippen LogP contribution in [0.25, 0.3) is 0 Å². The van der Waals surface area contributed by atoms with E-state index in [1.54, 1.807) is 0 Å². The van der Waals surface area contributed by atoms with Gasteiger partial charge in [-0.25, -0.2) is 0 Å². The van der Waals surface area contributed by atoms with Gasteiger partial charge in [0.2, 0.25) is 0 Å². The molecule has 0 N–H and O–H groups in total. The number of hydrogen-bond acceptors (Lipinski definition) is 3. The molecule has 0 unspecified atom stereocenters. The van der Waals surface area contributed by atoms with Gasteiger partial charge in [0, 0.05) is 28.6 Å². The number of halogens is 1. The van der Waals surface area contributed by atoms with Crippen molar-refractivity contribution < 1.29 is 13.3 Å². The summed E-state index contributed by atoms with van der Waals surface area (Å²) in [5.74, 6) is 0. The van der Waals surface area contributed by atoms with E-state index in [9.17, 15) is 0 Å². The molecule has 0 aliphatic heterocycles. The van der Waals surface area contributed by atoms with E-state index < -0.39 is 8.80 Å². The fourth-order valence-electron chi connectivity index (χ4n) is 1.64. The molecule has 0 radical (unpaired) electrons. The van der Waals surface area contributed by atoms with Gasteiger partial charge in [0.05, 0.1) is 0 Å². The van der Waals surface area contributed by atoms with Crippen LogP contribution in [0.15, 0.2) is 24.3 Å². The van der Waals surface area contributed by atoms with Crippen LogP contribution in [-0.4, -0.2) is 28.6 Å². The lowest BCUT2D eigenvalue weighted by molar-refractivity contribution is 0.0857. The molecule has 1 aromatic carbocycles. The van der Waals surface area contributed by atoms with Crippen molar-refractivity contribution in [2.24, 2.45) is 0 Å². The van der Waals surface area contributed by atoms with Crippen molar-refractivity contribution in [3.8, 4) is 0 Å². The first-order valence-corrected chi connectivity index (χ1v) is 8.67. The number of hydrogen-bond donors (Lipinski definition) is 0. The average Bonchev–Trinajstić information content (AvgIpc) is 2.30. The maximum Gasteiger partial charge on any atom is 0.538 e. The summed E-state index contributed by atoms with van der Waals surface area (Å²) < 4.78 is 18.7. The molecule has 0 saturated carbocycles. The van der Waals surface area contributed by atoms with Crippen molar-refractivity contribution in [3.05, 3.63) is 27.8 Å². The first-order valence-electron chi connectivity index (χ1n) is 5.87. The van der Waals surface area contributed by atoms with Crippen LogP contribution >= 0.6 is 22.6 Å². The molecular weight excluding hydrogens is 347 g/mol. The summed E-state index contributed by atoms with van der Waals surface area (Å²) in [4.78, 5) is 0. The van der Waals surface area contributed by atoms with Crippen LogP contribution in [0.3, 0.4) is 0 Å². The van der Waals surface area contributed by atoms with E-state index in [1.807, 2.05) is 39.0 Å². The Kier molecular flexibility index (Phi) is 6.64. The monoisotopic (exact) mass is 366 g/mol. The Morgan fingerprint density at radius 3 is 1.82 bits per heavy atom. The van der Waals surface area contributed by atoms with Gasteiger partial charge in [0.25, 0.3) is 0 Å². The molecule has 0 amide bonds. The summed E-state index contributed by atoms with van der Waals surface area (Å²) in [5.41, 5.74) is 0. The van der Waals surface area contributed by atoms with Crippen LogP contribution in [0.5, 0.6) is 0 Å². The standard InChI is InChI=1S/C12H19IO3Si/c1-4-14-17(15-5-2,16-6-3)12-10-8-7-9-11(12)13/h7-10H,4-6H2,1-3H3. The van der Waals surface area contributed by atoms with Crippen LogP contribution < -0.4 is 5.19 Å². The SMILES string of the molecule is CCO[Si](OCC)(OCC)c1ccccc1I. The molecule has 0 aliphatic carbocycles. The maximum atomic E-state index is 5.87. The van der Waals surface area contributed by atoms with E-state index >= 15 is 0 Å². The first kappa shape index (κ1) is 15.1. The highest BCUT2D eigenvalue weighted by molar-refractivity contribution is 14.1. The second-order valence-electron chi connectivity index (χ2n) is 3.34. The van der Waals surface area contributed by atoms with Crippen molar-refractivity contribution in [1.29, 1.82) is 0 Å². The molecule has 0 bridgehead atoms. The molecule has 0 saturated heterocycles. The molecule has 1 rings (SSSR count). The van der Waals surface area contributed by atoms with E-state index in [2.05, 4.69) is 28.7 Å². The highest BCUT2D eigenvalue weighted by Crippen LogP contribution is 2.14. The van der Waals surface area contributed by atoms with Crippen LogP contribution in [0.4, 0.5) is 0 Å². The second-order valence-corrected chi connectivity index (χ2v) is 7.01. The maximum absolute atomic E-state index is 5.87. The minimum atomic E-state index is -2.72. The van der Waals surface area contributed by atoms with Gasteiger partial charge >= 0.3 is 8.80 Å². The smallest absolute Gasteiger partial charge is 0.370 e. The van der Waals surface area contributed by atoms with E-state index in [0.717, 1.165) is 8.76 Å². The Morgan fingerprint density at radius 2 is 1.41 bits per heavy atom. The molecular formula is C12H19IO3Si. The number of rotatable bonds is 7. The lowest BCUT2D eigenvalue weighted by Gasteiger charge is -2.29. The molecule has 3 nitrogen and oxygen atoms in total. The zero-order valence-electron chi connectivity index (χ0n) is 10.5. The second kappa shape index (κ2) is 7.47. The summed E-state index contributed by atoms with van der Waals surface area (Å²) in [7, 11) is -2.72. The van der Waals surface area contributed by atoms with E-state index in [1.165, 1.54) is 0 Å². The normalized spacial score (nSPS) is 11.8. The molecule has 0 heterocycles. The van der Waals surface area contributed by atoms with Crippen molar-refractivity contribution in [2.75, 3.05) is 19.8 Å². The van der Waals surface area contributed by atoms with Gasteiger partial charge in [-0.15, -0.1) is 0 Å². The minimum absolute atomic E-state index is 0.594. The van der Waals surface area contributed by atoms with Gasteiger partial charge in [0.15, 0.2) is 0 Å². The zero-order valence-corrected chi connectivity index (χ0v) is 13.7. The zero-order chi connectivity index (χ0) is 12.7. The molecule has 0 fully saturated rings. The summed E-state index contributed by atoms with van der Waals surface area (Å²) in [6, 6.07) is 8.09. The topological polar surface area (TPSA) is 27.7 Å². The molecule has 96 valence electrons. The predicted octanol–water partition coefficient (Wildman–Crippen LogP) is 2.55. The summed E-state index contributed by atoms with van der Waals surface area (Å²) in [6.07, 6.45) is 0. The van der Waals surface area contributed by atoms with Gasteiger partial charge in [-0.2, -0.15) is 0 Å². The first-order chi connectivity index (χ1) is 8.20. The van der Waals surface area contributed by atoms with Crippen molar-refractivity contribution in [1.82, 2.24) is 0 Å². The summed E-state index contributed by atoms with van der Waals surface area (Å²) in [6.45, 7) is 7.69. The minimum Gasteiger partial charge on any atom is -0.370 e. The average molecular weight is 366 g/mol. The molecule has 0 aromatic heterocycles. The molecule has 0 aliphatic rings. The fraction of sp³-hybridized carbons (Fsp3) is 0.500. The third-order valence-electron chi connectivity index (χ3n) is 2.21. The lowest BCUT2D eigenvalue weighted by Crippen LogP contribution is -2.57. The van der Waals surface area contributed by atoms with E-state index in [-0.39, 0.29) is 0 Å². The highest BCUT2D eigenvalue weighted by Gasteiger charge is 2.44. The fourth-order valence-corrected chi connectivity index (χ4v) is 5.55. The predicted molar refractivity (Wildman–Crippen MR) is 79.4 cm³/mol. The summed E-state index contributed by atoms with van der Waals surface area (Å²) >= 11 is 2.30. The molecule has 5 heteroatoms. The van der Waals surface area contributed by atoms with Crippen LogP contribution in [-0.2, 0) is 13.3 Å². The van der Waals surface area contributed by atoms with Gasteiger partial charge < -0.3 is 13.3 Å². The van der Waals surface area contributed by atoms with Crippen LogP contribution in [0, 0.1) is 3.57 Å². The Morgan fingerprint density at radius 1 is 0.941 bits per heavy atom. The Bertz CT molecular complexity index is 329. The van der Waals surface area contributed by atoms with Crippen molar-refractivity contribution >= 4 is 36.6 Å². The molecule has 0 spiro atoms. The van der Waals surface area contributed by atoms with Gasteiger partial charge in [-0.3, -0.25) is 0 Å². The van der Waals surface area contributed by atoms with Gasteiger partial charge in [0.1, 0.15) is 0 Å². The van der Waals surface area contributed by atoms with Crippen LogP contribution in [0.1, 0.15) is 20.8 Å². The molecule has 1 aromatic rings. The highest BCUT2D eigenvalue weighted by atomic mass is 127. The Hall–Kier alpha value is 0.0469. The Labute approximate surface area is 118 Å². The quantitative estimate of drug-likeness (QED) is 0.548. The third-order valence-corrected chi connectivity index (χ3v) is 6.76. The summed E-state index contributed by atoms with van der Waals surface area (Å²) in [5, 5.41) is 1.06. The number of benzene rings is 1. The lowest BCUT2D eigenvalue weighted by atomic mass is 10.4. The molecule has 17 heavy (non-hydrogen) atoms. The molecule has 0 atom stereocenters. The van der Waals surface area contributed by atoms with E-state index in [4.69, 9.17) is 13.3 Å². The third kappa shape index (κ3) is 3.75. The van der Waals surface area contributed by atoms with Gasteiger partial charge in [-0.05, 0) is 49.4 Å².